The Balaban J connectivity index is 1.49. The van der Waals surface area contributed by atoms with Crippen molar-refractivity contribution in [1.82, 2.24) is 10.2 Å². The van der Waals surface area contributed by atoms with Crippen molar-refractivity contribution in [3.63, 3.8) is 0 Å². The maximum absolute atomic E-state index is 12.4. The molecule has 1 aliphatic heterocycles. The van der Waals surface area contributed by atoms with E-state index < -0.39 is 0 Å². The van der Waals surface area contributed by atoms with Gasteiger partial charge in [-0.25, -0.2) is 0 Å². The summed E-state index contributed by atoms with van der Waals surface area (Å²) in [5.41, 5.74) is 2.57. The van der Waals surface area contributed by atoms with Crippen LogP contribution in [-0.4, -0.2) is 49.4 Å². The van der Waals surface area contributed by atoms with Gasteiger partial charge in [0.2, 0.25) is 5.91 Å². The summed E-state index contributed by atoms with van der Waals surface area (Å²) < 4.78 is 0. The summed E-state index contributed by atoms with van der Waals surface area (Å²) >= 11 is 6.04. The van der Waals surface area contributed by atoms with Crippen LogP contribution in [0.1, 0.15) is 15.9 Å². The predicted octanol–water partition coefficient (Wildman–Crippen LogP) is 2.73. The lowest BCUT2D eigenvalue weighted by Crippen LogP contribution is -2.51. The van der Waals surface area contributed by atoms with Crippen molar-refractivity contribution in [1.29, 1.82) is 0 Å². The van der Waals surface area contributed by atoms with E-state index in [1.807, 2.05) is 49.4 Å². The molecule has 1 aliphatic rings. The molecule has 6 heteroatoms. The number of anilines is 1. The molecule has 0 saturated carbocycles. The Morgan fingerprint density at radius 3 is 2.46 bits per heavy atom. The molecule has 5 nitrogen and oxygen atoms in total. The minimum Gasteiger partial charge on any atom is -0.368 e. The van der Waals surface area contributed by atoms with Crippen LogP contribution >= 0.6 is 11.6 Å². The monoisotopic (exact) mass is 371 g/mol. The first-order chi connectivity index (χ1) is 12.5. The lowest BCUT2D eigenvalue weighted by Gasteiger charge is -2.36. The van der Waals surface area contributed by atoms with E-state index in [0.717, 1.165) is 24.3 Å². The van der Waals surface area contributed by atoms with Gasteiger partial charge in [0, 0.05) is 42.5 Å². The summed E-state index contributed by atoms with van der Waals surface area (Å²) in [6.45, 7) is 4.66. The zero-order valence-electron chi connectivity index (χ0n) is 14.7. The van der Waals surface area contributed by atoms with Crippen molar-refractivity contribution in [3.05, 3.63) is 64.7 Å². The molecular formula is C20H22ClN3O2. The van der Waals surface area contributed by atoms with Crippen molar-refractivity contribution in [2.75, 3.05) is 37.6 Å². The van der Waals surface area contributed by atoms with Crippen LogP contribution in [0, 0.1) is 6.92 Å². The van der Waals surface area contributed by atoms with E-state index in [2.05, 4.69) is 10.2 Å². The second kappa shape index (κ2) is 8.23. The quantitative estimate of drug-likeness (QED) is 0.899. The van der Waals surface area contributed by atoms with E-state index in [-0.39, 0.29) is 18.4 Å². The average molecular weight is 372 g/mol. The van der Waals surface area contributed by atoms with E-state index in [1.165, 1.54) is 0 Å². The maximum Gasteiger partial charge on any atom is 0.251 e. The number of benzene rings is 2. The van der Waals surface area contributed by atoms with Gasteiger partial charge in [0.25, 0.3) is 5.91 Å². The molecule has 0 aliphatic carbocycles. The topological polar surface area (TPSA) is 52.7 Å². The molecule has 3 rings (SSSR count). The minimum absolute atomic E-state index is 0.0182. The second-order valence-corrected chi connectivity index (χ2v) is 6.78. The lowest BCUT2D eigenvalue weighted by atomic mass is 10.1. The Labute approximate surface area is 158 Å². The average Bonchev–Trinajstić information content (AvgIpc) is 2.66. The fourth-order valence-electron chi connectivity index (χ4n) is 3.08. The first-order valence-electron chi connectivity index (χ1n) is 8.67. The molecule has 26 heavy (non-hydrogen) atoms. The molecule has 0 radical (unpaired) electrons. The van der Waals surface area contributed by atoms with Gasteiger partial charge >= 0.3 is 0 Å². The molecule has 0 aromatic heterocycles. The van der Waals surface area contributed by atoms with Crippen LogP contribution in [0.2, 0.25) is 5.02 Å². The van der Waals surface area contributed by atoms with Crippen LogP contribution in [0.15, 0.2) is 48.5 Å². The van der Waals surface area contributed by atoms with E-state index in [1.54, 1.807) is 11.0 Å². The van der Waals surface area contributed by atoms with Gasteiger partial charge in [-0.3, -0.25) is 9.59 Å². The molecule has 2 amide bonds. The zero-order chi connectivity index (χ0) is 18.5. The van der Waals surface area contributed by atoms with Crippen molar-refractivity contribution < 1.29 is 9.59 Å². The predicted molar refractivity (Wildman–Crippen MR) is 104 cm³/mol. The van der Waals surface area contributed by atoms with E-state index in [9.17, 15) is 9.59 Å². The van der Waals surface area contributed by atoms with Crippen LogP contribution in [-0.2, 0) is 4.79 Å². The number of carbonyl (C=O) groups excluding carboxylic acids is 2. The van der Waals surface area contributed by atoms with Gasteiger partial charge in [-0.05, 0) is 36.8 Å². The fourth-order valence-corrected chi connectivity index (χ4v) is 3.26. The standard InChI is InChI=1S/C20H22ClN3O2/c1-15-5-2-3-8-18(15)20(26)22-14-19(25)24-11-9-23(10-12-24)17-7-4-6-16(21)13-17/h2-8,13H,9-12,14H2,1H3,(H,22,26). The van der Waals surface area contributed by atoms with Crippen LogP contribution in [0.4, 0.5) is 5.69 Å². The molecule has 0 spiro atoms. The first kappa shape index (κ1) is 18.3. The van der Waals surface area contributed by atoms with Crippen molar-refractivity contribution in [2.45, 2.75) is 6.92 Å². The van der Waals surface area contributed by atoms with Gasteiger partial charge in [-0.1, -0.05) is 35.9 Å². The highest BCUT2D eigenvalue weighted by Gasteiger charge is 2.22. The fraction of sp³-hybridized carbons (Fsp3) is 0.300. The van der Waals surface area contributed by atoms with Gasteiger partial charge in [0.05, 0.1) is 6.54 Å². The largest absolute Gasteiger partial charge is 0.368 e. The van der Waals surface area contributed by atoms with Crippen LogP contribution in [0.25, 0.3) is 0 Å². The van der Waals surface area contributed by atoms with Gasteiger partial charge in [0.1, 0.15) is 0 Å². The van der Waals surface area contributed by atoms with E-state index in [4.69, 9.17) is 11.6 Å². The Morgan fingerprint density at radius 1 is 1.04 bits per heavy atom. The number of rotatable bonds is 4. The van der Waals surface area contributed by atoms with Gasteiger partial charge in [-0.15, -0.1) is 0 Å². The number of carbonyl (C=O) groups is 2. The molecule has 1 fully saturated rings. The number of nitrogens with zero attached hydrogens (tertiary/aromatic N) is 2. The number of halogens is 1. The molecule has 0 atom stereocenters. The number of hydrogen-bond donors (Lipinski definition) is 1. The van der Waals surface area contributed by atoms with E-state index in [0.29, 0.717) is 23.7 Å². The summed E-state index contributed by atoms with van der Waals surface area (Å²) in [5, 5.41) is 3.43. The summed E-state index contributed by atoms with van der Waals surface area (Å²) in [7, 11) is 0. The summed E-state index contributed by atoms with van der Waals surface area (Å²) in [5.74, 6) is -0.272. The van der Waals surface area contributed by atoms with Gasteiger partial charge in [0.15, 0.2) is 0 Å². The van der Waals surface area contributed by atoms with Gasteiger partial charge < -0.3 is 15.1 Å². The normalized spacial score (nSPS) is 14.2. The molecule has 0 bridgehead atoms. The smallest absolute Gasteiger partial charge is 0.251 e. The number of piperazine rings is 1. The number of amides is 2. The zero-order valence-corrected chi connectivity index (χ0v) is 15.5. The van der Waals surface area contributed by atoms with Crippen molar-refractivity contribution in [3.8, 4) is 0 Å². The van der Waals surface area contributed by atoms with Crippen LogP contribution in [0.3, 0.4) is 0 Å². The molecule has 1 heterocycles. The third-order valence-electron chi connectivity index (χ3n) is 4.60. The number of nitrogens with one attached hydrogen (secondary N) is 1. The Bertz CT molecular complexity index is 801. The Kier molecular flexibility index (Phi) is 5.78. The summed E-state index contributed by atoms with van der Waals surface area (Å²) in [6.07, 6.45) is 0. The summed E-state index contributed by atoms with van der Waals surface area (Å²) in [6, 6.07) is 15.1. The van der Waals surface area contributed by atoms with Crippen LogP contribution in [0.5, 0.6) is 0 Å². The summed E-state index contributed by atoms with van der Waals surface area (Å²) in [4.78, 5) is 28.6. The molecule has 0 unspecified atom stereocenters. The third kappa shape index (κ3) is 4.35. The highest BCUT2D eigenvalue weighted by Crippen LogP contribution is 2.20. The Morgan fingerprint density at radius 2 is 1.77 bits per heavy atom. The van der Waals surface area contributed by atoms with Crippen molar-refractivity contribution in [2.24, 2.45) is 0 Å². The highest BCUT2D eigenvalue weighted by molar-refractivity contribution is 6.30. The van der Waals surface area contributed by atoms with Crippen molar-refractivity contribution >= 4 is 29.1 Å². The molecular weight excluding hydrogens is 350 g/mol. The third-order valence-corrected chi connectivity index (χ3v) is 4.83. The molecule has 136 valence electrons. The first-order valence-corrected chi connectivity index (χ1v) is 9.04. The number of aryl methyl sites for hydroxylation is 1. The van der Waals surface area contributed by atoms with Crippen LogP contribution < -0.4 is 10.2 Å². The molecule has 2 aromatic carbocycles. The molecule has 1 N–H and O–H groups in total. The molecule has 1 saturated heterocycles. The lowest BCUT2D eigenvalue weighted by molar-refractivity contribution is -0.130. The second-order valence-electron chi connectivity index (χ2n) is 6.35. The van der Waals surface area contributed by atoms with Gasteiger partial charge in [-0.2, -0.15) is 0 Å². The van der Waals surface area contributed by atoms with E-state index >= 15 is 0 Å². The number of hydrogen-bond acceptors (Lipinski definition) is 3. The molecule has 2 aromatic rings. The maximum atomic E-state index is 12.4. The highest BCUT2D eigenvalue weighted by atomic mass is 35.5. The SMILES string of the molecule is Cc1ccccc1C(=O)NCC(=O)N1CCN(c2cccc(Cl)c2)CC1. The Hall–Kier alpha value is -2.53. The minimum atomic E-state index is -0.214.